The molecular weight excluding hydrogens is 333 g/mol. The van der Waals surface area contributed by atoms with Crippen LogP contribution in [0.1, 0.15) is 5.56 Å². The molecule has 0 aliphatic carbocycles. The minimum Gasteiger partial charge on any atom is -0.447 e. The van der Waals surface area contributed by atoms with Gasteiger partial charge in [0.1, 0.15) is 10.9 Å². The van der Waals surface area contributed by atoms with Crippen LogP contribution in [0.4, 0.5) is 13.2 Å². The third-order valence-corrected chi connectivity index (χ3v) is 6.07. The van der Waals surface area contributed by atoms with E-state index in [-0.39, 0.29) is 0 Å². The van der Waals surface area contributed by atoms with E-state index < -0.39 is 22.6 Å². The normalized spacial score (nSPS) is 13.8. The molecule has 0 saturated carbocycles. The second kappa shape index (κ2) is 5.60. The van der Waals surface area contributed by atoms with E-state index in [9.17, 15) is 13.2 Å². The summed E-state index contributed by atoms with van der Waals surface area (Å²) in [6.07, 6.45) is -4.33. The van der Waals surface area contributed by atoms with Crippen LogP contribution in [0, 0.1) is 0 Å². The van der Waals surface area contributed by atoms with Gasteiger partial charge in [-0.25, -0.2) is 0 Å². The van der Waals surface area contributed by atoms with Crippen molar-refractivity contribution < 1.29 is 17.9 Å². The Balaban J connectivity index is 1.86. The Morgan fingerprint density at radius 2 is 1.17 bits per heavy atom. The van der Waals surface area contributed by atoms with E-state index in [1.54, 1.807) is 12.1 Å². The number of hydrogen-bond acceptors (Lipinski definition) is 1. The van der Waals surface area contributed by atoms with Crippen LogP contribution in [-0.4, -0.2) is 0 Å². The predicted molar refractivity (Wildman–Crippen MR) is 86.6 cm³/mol. The maximum Gasteiger partial charge on any atom is 0.416 e. The monoisotopic (exact) mass is 345 g/mol. The molecule has 1 heterocycles. The summed E-state index contributed by atoms with van der Waals surface area (Å²) in [7, 11) is -0.485. The van der Waals surface area contributed by atoms with Crippen molar-refractivity contribution in [3.8, 4) is 11.5 Å². The zero-order valence-corrected chi connectivity index (χ0v) is 13.2. The van der Waals surface area contributed by atoms with Crippen molar-refractivity contribution >= 4 is 10.9 Å². The van der Waals surface area contributed by atoms with Crippen LogP contribution in [0.2, 0.25) is 0 Å². The van der Waals surface area contributed by atoms with Crippen LogP contribution < -0.4 is 4.74 Å². The second-order valence-corrected chi connectivity index (χ2v) is 7.29. The van der Waals surface area contributed by atoms with Crippen LogP contribution in [0.25, 0.3) is 0 Å². The molecule has 0 saturated heterocycles. The third-order valence-electron chi connectivity index (χ3n) is 3.78. The van der Waals surface area contributed by atoms with E-state index >= 15 is 0 Å². The summed E-state index contributed by atoms with van der Waals surface area (Å²) in [5.41, 5.74) is -0.635. The highest BCUT2D eigenvalue weighted by Crippen LogP contribution is 2.46. The van der Waals surface area contributed by atoms with Gasteiger partial charge in [-0.05, 0) is 48.5 Å². The number of halogens is 3. The van der Waals surface area contributed by atoms with Gasteiger partial charge < -0.3 is 4.74 Å². The molecule has 24 heavy (non-hydrogen) atoms. The van der Waals surface area contributed by atoms with Crippen molar-refractivity contribution in [2.24, 2.45) is 0 Å². The molecule has 4 rings (SSSR count). The van der Waals surface area contributed by atoms with E-state index in [0.717, 1.165) is 38.3 Å². The molecule has 5 heteroatoms. The fourth-order valence-corrected chi connectivity index (χ4v) is 4.88. The molecule has 1 aliphatic rings. The lowest BCUT2D eigenvalue weighted by Gasteiger charge is -2.19. The maximum atomic E-state index is 12.8. The summed E-state index contributed by atoms with van der Waals surface area (Å²) in [5, 5.41) is 0. The van der Waals surface area contributed by atoms with Crippen LogP contribution in [0.3, 0.4) is 0 Å². The Morgan fingerprint density at radius 1 is 0.667 bits per heavy atom. The molecule has 0 fully saturated rings. The molecule has 0 amide bonds. The summed E-state index contributed by atoms with van der Waals surface area (Å²) in [6, 6.07) is 20.7. The molecule has 0 aromatic heterocycles. The molecule has 3 aromatic rings. The Bertz CT molecular complexity index is 842. The summed E-state index contributed by atoms with van der Waals surface area (Å²) >= 11 is 0. The minimum atomic E-state index is -4.33. The third kappa shape index (κ3) is 2.55. The summed E-state index contributed by atoms with van der Waals surface area (Å²) in [4.78, 5) is 2.80. The van der Waals surface area contributed by atoms with Crippen LogP contribution in [-0.2, 0) is 17.1 Å². The van der Waals surface area contributed by atoms with E-state index in [1.165, 1.54) is 0 Å². The number of fused-ring (bicyclic) bond motifs is 2. The SMILES string of the molecule is FC(F)(F)c1ccc([S+]2c3ccccc3Oc3ccccc32)cc1. The Hall–Kier alpha value is -2.40. The van der Waals surface area contributed by atoms with Crippen LogP contribution in [0.5, 0.6) is 11.5 Å². The summed E-state index contributed by atoms with van der Waals surface area (Å²) < 4.78 is 44.4. The smallest absolute Gasteiger partial charge is 0.416 e. The standard InChI is InChI=1S/C19H12F3OS/c20-19(21,22)13-9-11-14(12-10-13)24-17-7-3-1-5-15(17)23-16-6-2-4-8-18(16)24/h1-12H/q+1. The minimum absolute atomic E-state index is 0.485. The average molecular weight is 345 g/mol. The highest BCUT2D eigenvalue weighted by Gasteiger charge is 2.39. The summed E-state index contributed by atoms with van der Waals surface area (Å²) in [5.74, 6) is 1.50. The van der Waals surface area contributed by atoms with Gasteiger partial charge in [-0.3, -0.25) is 0 Å². The van der Waals surface area contributed by atoms with Crippen molar-refractivity contribution in [2.45, 2.75) is 20.9 Å². The van der Waals surface area contributed by atoms with Gasteiger partial charge in [0.25, 0.3) is 0 Å². The molecule has 120 valence electrons. The number of ether oxygens (including phenoxy) is 1. The zero-order valence-electron chi connectivity index (χ0n) is 12.4. The molecule has 0 bridgehead atoms. The summed E-state index contributed by atoms with van der Waals surface area (Å²) in [6.45, 7) is 0. The van der Waals surface area contributed by atoms with Gasteiger partial charge in [-0.2, -0.15) is 13.2 Å². The zero-order chi connectivity index (χ0) is 16.7. The Kier molecular flexibility index (Phi) is 3.53. The van der Waals surface area contributed by atoms with Gasteiger partial charge in [0.2, 0.25) is 9.79 Å². The molecule has 1 aliphatic heterocycles. The molecule has 3 aromatic carbocycles. The van der Waals surface area contributed by atoms with Gasteiger partial charge in [-0.1, -0.05) is 24.3 Å². The fourth-order valence-electron chi connectivity index (χ4n) is 2.68. The second-order valence-electron chi connectivity index (χ2n) is 5.32. The number of benzene rings is 3. The average Bonchev–Trinajstić information content (AvgIpc) is 2.59. The lowest BCUT2D eigenvalue weighted by atomic mass is 10.2. The van der Waals surface area contributed by atoms with Crippen molar-refractivity contribution in [1.82, 2.24) is 0 Å². The van der Waals surface area contributed by atoms with E-state index in [2.05, 4.69) is 0 Å². The number of para-hydroxylation sites is 2. The Labute approximate surface area is 140 Å². The van der Waals surface area contributed by atoms with Gasteiger partial charge >= 0.3 is 6.18 Å². The van der Waals surface area contributed by atoms with E-state index in [1.807, 2.05) is 48.5 Å². The maximum absolute atomic E-state index is 12.8. The first kappa shape index (κ1) is 15.1. The first-order valence-corrected chi connectivity index (χ1v) is 8.54. The van der Waals surface area contributed by atoms with Gasteiger partial charge in [0.15, 0.2) is 16.4 Å². The van der Waals surface area contributed by atoms with Crippen LogP contribution in [0.15, 0.2) is 87.5 Å². The van der Waals surface area contributed by atoms with Gasteiger partial charge in [0, 0.05) is 0 Å². The van der Waals surface area contributed by atoms with Gasteiger partial charge in [0.05, 0.1) is 5.56 Å². The quantitative estimate of drug-likeness (QED) is 0.390. The lowest BCUT2D eigenvalue weighted by molar-refractivity contribution is -0.137. The number of alkyl halides is 3. The molecule has 0 unspecified atom stereocenters. The van der Waals surface area contributed by atoms with Crippen molar-refractivity contribution in [3.05, 3.63) is 78.4 Å². The first-order valence-electron chi connectivity index (χ1n) is 7.31. The highest BCUT2D eigenvalue weighted by molar-refractivity contribution is 7.97. The predicted octanol–water partition coefficient (Wildman–Crippen LogP) is 5.91. The van der Waals surface area contributed by atoms with Gasteiger partial charge in [-0.15, -0.1) is 0 Å². The molecule has 0 atom stereocenters. The number of hydrogen-bond donors (Lipinski definition) is 0. The first-order chi connectivity index (χ1) is 11.5. The molecular formula is C19H12F3OS+. The lowest BCUT2D eigenvalue weighted by Crippen LogP contribution is -2.13. The van der Waals surface area contributed by atoms with Crippen molar-refractivity contribution in [3.63, 3.8) is 0 Å². The molecule has 0 N–H and O–H groups in total. The van der Waals surface area contributed by atoms with E-state index in [0.29, 0.717) is 0 Å². The largest absolute Gasteiger partial charge is 0.447 e. The van der Waals surface area contributed by atoms with Crippen molar-refractivity contribution in [1.29, 1.82) is 0 Å². The van der Waals surface area contributed by atoms with Crippen molar-refractivity contribution in [2.75, 3.05) is 0 Å². The molecule has 0 spiro atoms. The van der Waals surface area contributed by atoms with Crippen LogP contribution >= 0.6 is 0 Å². The molecule has 0 radical (unpaired) electrons. The number of rotatable bonds is 1. The topological polar surface area (TPSA) is 9.23 Å². The molecule has 1 nitrogen and oxygen atoms in total. The Morgan fingerprint density at radius 3 is 1.67 bits per heavy atom. The van der Waals surface area contributed by atoms with E-state index in [4.69, 9.17) is 4.74 Å². The fraction of sp³-hybridized carbons (Fsp3) is 0.0526. The highest BCUT2D eigenvalue weighted by atomic mass is 32.2.